The summed E-state index contributed by atoms with van der Waals surface area (Å²) >= 11 is 0. The van der Waals surface area contributed by atoms with Crippen LogP contribution in [0.1, 0.15) is 25.5 Å². The van der Waals surface area contributed by atoms with Crippen LogP contribution in [0.25, 0.3) is 10.8 Å². The zero-order valence-electron chi connectivity index (χ0n) is 11.8. The van der Waals surface area contributed by atoms with Crippen molar-refractivity contribution in [3.63, 3.8) is 0 Å². The number of ether oxygens (including phenoxy) is 1. The second-order valence-electron chi connectivity index (χ2n) is 4.94. The number of benzene rings is 1. The van der Waals surface area contributed by atoms with Gasteiger partial charge in [0.1, 0.15) is 6.61 Å². The third-order valence-electron chi connectivity index (χ3n) is 3.37. The first-order valence-electron chi connectivity index (χ1n) is 6.45. The molecule has 0 unspecified atom stereocenters. The highest BCUT2D eigenvalue weighted by Crippen LogP contribution is 2.22. The number of fused-ring (bicyclic) bond motifs is 1. The zero-order chi connectivity index (χ0) is 14.9. The monoisotopic (exact) mass is 274 g/mol. The molecule has 0 saturated heterocycles. The fourth-order valence-corrected chi connectivity index (χ4v) is 2.14. The summed E-state index contributed by atoms with van der Waals surface area (Å²) in [6.45, 7) is 5.25. The van der Waals surface area contributed by atoms with E-state index in [9.17, 15) is 9.59 Å². The van der Waals surface area contributed by atoms with Gasteiger partial charge in [-0.1, -0.05) is 6.07 Å². The molecule has 0 aliphatic heterocycles. The van der Waals surface area contributed by atoms with Gasteiger partial charge in [0.25, 0.3) is 5.56 Å². The third-order valence-corrected chi connectivity index (χ3v) is 3.37. The minimum atomic E-state index is -0.356. The van der Waals surface area contributed by atoms with Crippen molar-refractivity contribution in [2.24, 2.45) is 0 Å². The number of esters is 1. The molecule has 2 aromatic rings. The topological polar surface area (TPSA) is 74.3 Å². The van der Waals surface area contributed by atoms with Gasteiger partial charge in [0.2, 0.25) is 0 Å². The van der Waals surface area contributed by atoms with Crippen LogP contribution in [0.2, 0.25) is 0 Å². The van der Waals surface area contributed by atoms with Crippen molar-refractivity contribution in [3.05, 3.63) is 40.3 Å². The normalized spacial score (nSPS) is 12.3. The van der Waals surface area contributed by atoms with Gasteiger partial charge in [-0.3, -0.25) is 9.59 Å². The van der Waals surface area contributed by atoms with Gasteiger partial charge in [-0.2, -0.15) is 0 Å². The van der Waals surface area contributed by atoms with Gasteiger partial charge in [0.15, 0.2) is 0 Å². The molecular formula is C15H18N2O3. The van der Waals surface area contributed by atoms with Crippen molar-refractivity contribution in [3.8, 4) is 0 Å². The Hall–Kier alpha value is -2.30. The summed E-state index contributed by atoms with van der Waals surface area (Å²) in [5.41, 5.74) is 7.43. The lowest BCUT2D eigenvalue weighted by Crippen LogP contribution is -2.26. The van der Waals surface area contributed by atoms with E-state index in [2.05, 4.69) is 0 Å². The van der Waals surface area contributed by atoms with Gasteiger partial charge in [-0.15, -0.1) is 0 Å². The number of carbonyl (C=O) groups excluding carboxylic acids is 1. The summed E-state index contributed by atoms with van der Waals surface area (Å²) in [7, 11) is 0. The highest BCUT2D eigenvalue weighted by Gasteiger charge is 2.12. The first-order valence-corrected chi connectivity index (χ1v) is 6.45. The Kier molecular flexibility index (Phi) is 3.79. The summed E-state index contributed by atoms with van der Waals surface area (Å²) in [5.74, 6) is -0.356. The molecule has 0 aliphatic rings. The van der Waals surface area contributed by atoms with Crippen molar-refractivity contribution < 1.29 is 9.53 Å². The number of nitrogens with zero attached hydrogens (tertiary/aromatic N) is 1. The van der Waals surface area contributed by atoms with Crippen LogP contribution in [-0.2, 0) is 9.53 Å². The van der Waals surface area contributed by atoms with Crippen molar-refractivity contribution in [2.75, 3.05) is 12.3 Å². The molecule has 0 aliphatic carbocycles. The van der Waals surface area contributed by atoms with E-state index in [1.165, 1.54) is 6.92 Å². The standard InChI is InChI=1S/C15H18N2O3/c1-9-4-5-13-12(14(9)16)6-7-17(15(13)19)10(2)8-20-11(3)18/h4-7,10H,8,16H2,1-3H3/t10-/m1/s1. The third kappa shape index (κ3) is 2.52. The molecule has 2 rings (SSSR count). The van der Waals surface area contributed by atoms with E-state index in [0.717, 1.165) is 10.9 Å². The molecule has 0 radical (unpaired) electrons. The molecule has 1 heterocycles. The molecular weight excluding hydrogens is 256 g/mol. The summed E-state index contributed by atoms with van der Waals surface area (Å²) in [4.78, 5) is 23.3. The fraction of sp³-hybridized carbons (Fsp3) is 0.333. The molecule has 2 N–H and O–H groups in total. The fourth-order valence-electron chi connectivity index (χ4n) is 2.14. The number of nitrogen functional groups attached to an aromatic ring is 1. The van der Waals surface area contributed by atoms with Crippen LogP contribution < -0.4 is 11.3 Å². The number of carbonyl (C=O) groups is 1. The Morgan fingerprint density at radius 3 is 2.70 bits per heavy atom. The number of hydrogen-bond donors (Lipinski definition) is 1. The van der Waals surface area contributed by atoms with Gasteiger partial charge in [-0.25, -0.2) is 0 Å². The van der Waals surface area contributed by atoms with E-state index >= 15 is 0 Å². The quantitative estimate of drug-likeness (QED) is 0.686. The van der Waals surface area contributed by atoms with E-state index < -0.39 is 0 Å². The van der Waals surface area contributed by atoms with Crippen molar-refractivity contribution in [2.45, 2.75) is 26.8 Å². The van der Waals surface area contributed by atoms with Gasteiger partial charge < -0.3 is 15.0 Å². The Morgan fingerprint density at radius 2 is 2.05 bits per heavy atom. The molecule has 1 aromatic carbocycles. The number of nitrogens with two attached hydrogens (primary N) is 1. The second kappa shape index (κ2) is 5.36. The molecule has 0 amide bonds. The Labute approximate surface area is 117 Å². The first kappa shape index (κ1) is 14.1. The lowest BCUT2D eigenvalue weighted by atomic mass is 10.1. The summed E-state index contributed by atoms with van der Waals surface area (Å²) in [6, 6.07) is 5.21. The van der Waals surface area contributed by atoms with E-state index in [4.69, 9.17) is 10.5 Å². The highest BCUT2D eigenvalue weighted by molar-refractivity contribution is 5.93. The SMILES string of the molecule is CC(=O)OC[C@@H](C)n1ccc2c(N)c(C)ccc2c1=O. The number of pyridine rings is 1. The van der Waals surface area contributed by atoms with Crippen LogP contribution in [0.15, 0.2) is 29.2 Å². The van der Waals surface area contributed by atoms with Crippen LogP contribution in [0.5, 0.6) is 0 Å². The Balaban J connectivity index is 2.47. The first-order chi connectivity index (χ1) is 9.41. The number of rotatable bonds is 3. The van der Waals surface area contributed by atoms with Crippen molar-refractivity contribution >= 4 is 22.4 Å². The molecule has 0 saturated carbocycles. The molecule has 5 heteroatoms. The Bertz CT molecular complexity index is 719. The van der Waals surface area contributed by atoms with Crippen molar-refractivity contribution in [1.29, 1.82) is 0 Å². The average molecular weight is 274 g/mol. The van der Waals surface area contributed by atoms with E-state index in [0.29, 0.717) is 11.1 Å². The number of hydrogen-bond acceptors (Lipinski definition) is 4. The van der Waals surface area contributed by atoms with Gasteiger partial charge in [0, 0.05) is 29.6 Å². The average Bonchev–Trinajstić information content (AvgIpc) is 2.41. The van der Waals surface area contributed by atoms with Gasteiger partial charge in [0.05, 0.1) is 6.04 Å². The minimum absolute atomic E-state index is 0.131. The molecule has 0 spiro atoms. The van der Waals surface area contributed by atoms with Crippen molar-refractivity contribution in [1.82, 2.24) is 4.57 Å². The zero-order valence-corrected chi connectivity index (χ0v) is 11.8. The largest absolute Gasteiger partial charge is 0.464 e. The molecule has 1 atom stereocenters. The van der Waals surface area contributed by atoms with E-state index in [1.807, 2.05) is 26.0 Å². The lowest BCUT2D eigenvalue weighted by molar-refractivity contribution is -0.141. The van der Waals surface area contributed by atoms with Crippen LogP contribution in [0.3, 0.4) is 0 Å². The molecule has 20 heavy (non-hydrogen) atoms. The number of aromatic nitrogens is 1. The second-order valence-corrected chi connectivity index (χ2v) is 4.94. The molecule has 1 aromatic heterocycles. The predicted molar refractivity (Wildman–Crippen MR) is 78.7 cm³/mol. The summed E-state index contributed by atoms with van der Waals surface area (Å²) in [6.07, 6.45) is 1.69. The highest BCUT2D eigenvalue weighted by atomic mass is 16.5. The van der Waals surface area contributed by atoms with Crippen LogP contribution in [0, 0.1) is 6.92 Å². The smallest absolute Gasteiger partial charge is 0.302 e. The maximum atomic E-state index is 12.4. The molecule has 106 valence electrons. The van der Waals surface area contributed by atoms with Crippen LogP contribution >= 0.6 is 0 Å². The molecule has 5 nitrogen and oxygen atoms in total. The van der Waals surface area contributed by atoms with Gasteiger partial charge >= 0.3 is 5.97 Å². The van der Waals surface area contributed by atoms with E-state index in [-0.39, 0.29) is 24.2 Å². The number of aryl methyl sites for hydroxylation is 1. The molecule has 0 fully saturated rings. The predicted octanol–water partition coefficient (Wildman–Crippen LogP) is 2.02. The van der Waals surface area contributed by atoms with E-state index in [1.54, 1.807) is 16.8 Å². The van der Waals surface area contributed by atoms with Crippen LogP contribution in [0.4, 0.5) is 5.69 Å². The maximum Gasteiger partial charge on any atom is 0.302 e. The van der Waals surface area contributed by atoms with Crippen LogP contribution in [-0.4, -0.2) is 17.1 Å². The maximum absolute atomic E-state index is 12.4. The Morgan fingerprint density at radius 1 is 1.35 bits per heavy atom. The number of anilines is 1. The minimum Gasteiger partial charge on any atom is -0.464 e. The summed E-state index contributed by atoms with van der Waals surface area (Å²) in [5, 5.41) is 1.33. The summed E-state index contributed by atoms with van der Waals surface area (Å²) < 4.78 is 6.50. The lowest BCUT2D eigenvalue weighted by Gasteiger charge is -2.16. The van der Waals surface area contributed by atoms with Gasteiger partial charge in [-0.05, 0) is 31.5 Å². The molecule has 0 bridgehead atoms.